The molecule has 0 aromatic heterocycles. The molecule has 0 fully saturated rings. The second-order valence-corrected chi connectivity index (χ2v) is 4.28. The Hall–Kier alpha value is -2.16. The number of aryl methyl sites for hydroxylation is 1. The average Bonchev–Trinajstić information content (AvgIpc) is 2.46. The smallest absolute Gasteiger partial charge is 0.125 e. The van der Waals surface area contributed by atoms with E-state index in [4.69, 9.17) is 9.47 Å². The van der Waals surface area contributed by atoms with Gasteiger partial charge in [-0.1, -0.05) is 13.0 Å². The van der Waals surface area contributed by atoms with Gasteiger partial charge >= 0.3 is 0 Å². The summed E-state index contributed by atoms with van der Waals surface area (Å²) in [5.41, 5.74) is 2.28. The molecule has 0 amide bonds. The van der Waals surface area contributed by atoms with Crippen molar-refractivity contribution in [1.29, 1.82) is 0 Å². The number of phenols is 1. The first-order chi connectivity index (χ1) is 9.22. The summed E-state index contributed by atoms with van der Waals surface area (Å²) in [5, 5.41) is 9.22. The maximum atomic E-state index is 9.22. The van der Waals surface area contributed by atoms with E-state index in [1.807, 2.05) is 6.07 Å². The van der Waals surface area contributed by atoms with Gasteiger partial charge in [-0.15, -0.1) is 0 Å². The van der Waals surface area contributed by atoms with Crippen LogP contribution in [0.3, 0.4) is 0 Å². The van der Waals surface area contributed by atoms with Crippen LogP contribution in [-0.2, 0) is 13.0 Å². The van der Waals surface area contributed by atoms with Crippen LogP contribution in [0.15, 0.2) is 42.5 Å². The van der Waals surface area contributed by atoms with Crippen molar-refractivity contribution in [2.45, 2.75) is 20.0 Å². The second-order valence-electron chi connectivity index (χ2n) is 4.28. The fraction of sp³-hybridized carbons (Fsp3) is 0.250. The van der Waals surface area contributed by atoms with Crippen LogP contribution in [0.25, 0.3) is 0 Å². The quantitative estimate of drug-likeness (QED) is 0.891. The zero-order valence-electron chi connectivity index (χ0n) is 11.2. The minimum atomic E-state index is 0.234. The lowest BCUT2D eigenvalue weighted by Crippen LogP contribution is -1.99. The third-order valence-corrected chi connectivity index (χ3v) is 2.98. The first-order valence-corrected chi connectivity index (χ1v) is 6.30. The highest BCUT2D eigenvalue weighted by molar-refractivity contribution is 5.37. The largest absolute Gasteiger partial charge is 0.508 e. The summed E-state index contributed by atoms with van der Waals surface area (Å²) in [4.78, 5) is 0. The van der Waals surface area contributed by atoms with Crippen LogP contribution in [-0.4, -0.2) is 12.2 Å². The molecule has 0 radical (unpaired) electrons. The van der Waals surface area contributed by atoms with E-state index in [0.29, 0.717) is 6.61 Å². The Morgan fingerprint density at radius 2 is 1.79 bits per heavy atom. The summed E-state index contributed by atoms with van der Waals surface area (Å²) in [7, 11) is 1.66. The highest BCUT2D eigenvalue weighted by Gasteiger charge is 2.05. The molecule has 3 heteroatoms. The molecule has 0 aliphatic carbocycles. The molecule has 0 aliphatic heterocycles. The van der Waals surface area contributed by atoms with Gasteiger partial charge in [-0.2, -0.15) is 0 Å². The fourth-order valence-electron chi connectivity index (χ4n) is 1.87. The number of hydrogen-bond acceptors (Lipinski definition) is 3. The number of hydrogen-bond donors (Lipinski definition) is 1. The molecule has 0 bridgehead atoms. The zero-order chi connectivity index (χ0) is 13.7. The van der Waals surface area contributed by atoms with Crippen LogP contribution in [0.5, 0.6) is 17.2 Å². The van der Waals surface area contributed by atoms with Gasteiger partial charge in [0, 0.05) is 5.56 Å². The summed E-state index contributed by atoms with van der Waals surface area (Å²) < 4.78 is 11.0. The first-order valence-electron chi connectivity index (χ1n) is 6.30. The Labute approximate surface area is 113 Å². The molecule has 0 spiro atoms. The Bertz CT molecular complexity index is 532. The van der Waals surface area contributed by atoms with Gasteiger partial charge in [-0.25, -0.2) is 0 Å². The molecule has 0 heterocycles. The minimum absolute atomic E-state index is 0.234. The van der Waals surface area contributed by atoms with E-state index in [0.717, 1.165) is 23.5 Å². The lowest BCUT2D eigenvalue weighted by Gasteiger charge is -2.11. The van der Waals surface area contributed by atoms with Crippen LogP contribution in [0, 0.1) is 0 Å². The number of aromatic hydroxyl groups is 1. The third-order valence-electron chi connectivity index (χ3n) is 2.98. The van der Waals surface area contributed by atoms with Crippen molar-refractivity contribution in [3.63, 3.8) is 0 Å². The molecular formula is C16H18O3. The predicted molar refractivity (Wildman–Crippen MR) is 74.8 cm³/mol. The van der Waals surface area contributed by atoms with Crippen LogP contribution < -0.4 is 9.47 Å². The summed E-state index contributed by atoms with van der Waals surface area (Å²) in [5.74, 6) is 1.79. The molecule has 1 N–H and O–H groups in total. The molecule has 0 unspecified atom stereocenters. The molecule has 2 rings (SSSR count). The van der Waals surface area contributed by atoms with Crippen LogP contribution >= 0.6 is 0 Å². The van der Waals surface area contributed by atoms with Gasteiger partial charge in [0.25, 0.3) is 0 Å². The molecule has 2 aromatic carbocycles. The molecule has 2 aromatic rings. The Balaban J connectivity index is 2.11. The summed E-state index contributed by atoms with van der Waals surface area (Å²) in [6.07, 6.45) is 0.982. The van der Waals surface area contributed by atoms with Crippen molar-refractivity contribution in [2.75, 3.05) is 7.11 Å². The second kappa shape index (κ2) is 6.14. The van der Waals surface area contributed by atoms with Crippen LogP contribution in [0.4, 0.5) is 0 Å². The highest BCUT2D eigenvalue weighted by Crippen LogP contribution is 2.23. The third kappa shape index (κ3) is 3.41. The van der Waals surface area contributed by atoms with Crippen molar-refractivity contribution >= 4 is 0 Å². The molecule has 0 atom stereocenters. The maximum absolute atomic E-state index is 9.22. The van der Waals surface area contributed by atoms with E-state index >= 15 is 0 Å². The lowest BCUT2D eigenvalue weighted by molar-refractivity contribution is 0.296. The number of phenolic OH excluding ortho intramolecular Hbond substituents is 1. The van der Waals surface area contributed by atoms with Crippen molar-refractivity contribution in [3.8, 4) is 17.2 Å². The van der Waals surface area contributed by atoms with Crippen molar-refractivity contribution in [1.82, 2.24) is 0 Å². The van der Waals surface area contributed by atoms with Gasteiger partial charge in [-0.3, -0.25) is 0 Å². The number of rotatable bonds is 5. The first kappa shape index (κ1) is 13.3. The Morgan fingerprint density at radius 1 is 1.05 bits per heavy atom. The van der Waals surface area contributed by atoms with Gasteiger partial charge in [0.2, 0.25) is 0 Å². The van der Waals surface area contributed by atoms with Crippen LogP contribution in [0.1, 0.15) is 18.1 Å². The van der Waals surface area contributed by atoms with Gasteiger partial charge in [0.15, 0.2) is 0 Å². The van der Waals surface area contributed by atoms with Gasteiger partial charge < -0.3 is 14.6 Å². The summed E-state index contributed by atoms with van der Waals surface area (Å²) in [6, 6.07) is 12.8. The van der Waals surface area contributed by atoms with E-state index in [1.54, 1.807) is 31.4 Å². The normalized spacial score (nSPS) is 10.2. The van der Waals surface area contributed by atoms with E-state index in [2.05, 4.69) is 19.1 Å². The van der Waals surface area contributed by atoms with Crippen molar-refractivity contribution in [3.05, 3.63) is 53.6 Å². The van der Waals surface area contributed by atoms with Crippen molar-refractivity contribution < 1.29 is 14.6 Å². The maximum Gasteiger partial charge on any atom is 0.125 e. The molecule has 19 heavy (non-hydrogen) atoms. The standard InChI is InChI=1S/C16H18O3/c1-3-12-4-9-16(18-2)13(10-12)11-19-15-7-5-14(17)6-8-15/h4-10,17H,3,11H2,1-2H3. The minimum Gasteiger partial charge on any atom is -0.508 e. The number of benzene rings is 2. The topological polar surface area (TPSA) is 38.7 Å². The molecule has 0 saturated heterocycles. The van der Waals surface area contributed by atoms with E-state index in [-0.39, 0.29) is 5.75 Å². The Kier molecular flexibility index (Phi) is 4.29. The lowest BCUT2D eigenvalue weighted by atomic mass is 10.1. The average molecular weight is 258 g/mol. The molecule has 3 nitrogen and oxygen atoms in total. The fourth-order valence-corrected chi connectivity index (χ4v) is 1.87. The molecule has 0 saturated carbocycles. The van der Waals surface area contributed by atoms with Gasteiger partial charge in [0.1, 0.15) is 23.9 Å². The molecular weight excluding hydrogens is 240 g/mol. The van der Waals surface area contributed by atoms with Crippen molar-refractivity contribution in [2.24, 2.45) is 0 Å². The Morgan fingerprint density at radius 3 is 2.42 bits per heavy atom. The SMILES string of the molecule is CCc1ccc(OC)c(COc2ccc(O)cc2)c1. The monoisotopic (exact) mass is 258 g/mol. The van der Waals surface area contributed by atoms with Crippen LogP contribution in [0.2, 0.25) is 0 Å². The van der Waals surface area contributed by atoms with Gasteiger partial charge in [0.05, 0.1) is 7.11 Å². The van der Waals surface area contributed by atoms with E-state index in [9.17, 15) is 5.11 Å². The highest BCUT2D eigenvalue weighted by atomic mass is 16.5. The van der Waals surface area contributed by atoms with E-state index < -0.39 is 0 Å². The summed E-state index contributed by atoms with van der Waals surface area (Å²) >= 11 is 0. The van der Waals surface area contributed by atoms with E-state index in [1.165, 1.54) is 5.56 Å². The number of ether oxygens (including phenoxy) is 2. The summed E-state index contributed by atoms with van der Waals surface area (Å²) in [6.45, 7) is 2.56. The number of methoxy groups -OCH3 is 1. The zero-order valence-corrected chi connectivity index (χ0v) is 11.2. The molecule has 100 valence electrons. The molecule has 0 aliphatic rings. The predicted octanol–water partition coefficient (Wildman–Crippen LogP) is 3.54. The van der Waals surface area contributed by atoms with Gasteiger partial charge in [-0.05, 0) is 48.4 Å².